The molecular weight excluding hydrogens is 302 g/mol. The van der Waals surface area contributed by atoms with Crippen LogP contribution in [0.25, 0.3) is 0 Å². The number of amides is 1. The normalized spacial score (nSPS) is 17.2. The van der Waals surface area contributed by atoms with Crippen molar-refractivity contribution in [2.45, 2.75) is 26.9 Å². The highest BCUT2D eigenvalue weighted by molar-refractivity contribution is 5.99. The molecule has 1 unspecified atom stereocenters. The minimum Gasteiger partial charge on any atom is -0.461 e. The molecule has 4 heteroatoms. The second-order valence-electron chi connectivity index (χ2n) is 6.33. The van der Waals surface area contributed by atoms with Gasteiger partial charge in [-0.15, -0.1) is 0 Å². The SMILES string of the molecule is Cc1ccc(COC(=O)C2CC(=O)N(c3ccc(C)cc3)C2)cc1. The Balaban J connectivity index is 1.59. The smallest absolute Gasteiger partial charge is 0.311 e. The summed E-state index contributed by atoms with van der Waals surface area (Å²) in [6, 6.07) is 15.6. The standard InChI is InChI=1S/C20H21NO3/c1-14-3-7-16(8-4-14)13-24-20(23)17-11-19(22)21(12-17)18-9-5-15(2)6-10-18/h3-10,17H,11-13H2,1-2H3. The zero-order valence-corrected chi connectivity index (χ0v) is 14.0. The summed E-state index contributed by atoms with van der Waals surface area (Å²) < 4.78 is 5.39. The van der Waals surface area contributed by atoms with Gasteiger partial charge < -0.3 is 9.64 Å². The van der Waals surface area contributed by atoms with Crippen LogP contribution in [0.5, 0.6) is 0 Å². The van der Waals surface area contributed by atoms with E-state index in [1.165, 1.54) is 5.56 Å². The van der Waals surface area contributed by atoms with E-state index in [0.717, 1.165) is 16.8 Å². The Morgan fingerprint density at radius 1 is 1.04 bits per heavy atom. The maximum atomic E-state index is 12.3. The van der Waals surface area contributed by atoms with Gasteiger partial charge in [-0.1, -0.05) is 47.5 Å². The molecule has 1 aliphatic heterocycles. The Hall–Kier alpha value is -2.62. The fourth-order valence-electron chi connectivity index (χ4n) is 2.80. The van der Waals surface area contributed by atoms with E-state index in [4.69, 9.17) is 4.74 Å². The molecule has 0 aliphatic carbocycles. The first-order valence-corrected chi connectivity index (χ1v) is 8.12. The highest BCUT2D eigenvalue weighted by atomic mass is 16.5. The van der Waals surface area contributed by atoms with E-state index in [-0.39, 0.29) is 24.9 Å². The van der Waals surface area contributed by atoms with Crippen molar-refractivity contribution in [3.8, 4) is 0 Å². The third-order valence-electron chi connectivity index (χ3n) is 4.31. The minimum absolute atomic E-state index is 0.0314. The number of ether oxygens (including phenoxy) is 1. The van der Waals surface area contributed by atoms with Crippen molar-refractivity contribution in [3.63, 3.8) is 0 Å². The molecule has 1 amide bonds. The van der Waals surface area contributed by atoms with Crippen molar-refractivity contribution in [3.05, 3.63) is 65.2 Å². The highest BCUT2D eigenvalue weighted by Gasteiger charge is 2.36. The molecule has 124 valence electrons. The number of rotatable bonds is 4. The third-order valence-corrected chi connectivity index (χ3v) is 4.31. The van der Waals surface area contributed by atoms with Gasteiger partial charge in [-0.25, -0.2) is 0 Å². The summed E-state index contributed by atoms with van der Waals surface area (Å²) in [6.07, 6.45) is 0.209. The molecule has 4 nitrogen and oxygen atoms in total. The molecule has 1 aliphatic rings. The Labute approximate surface area is 142 Å². The molecule has 0 bridgehead atoms. The number of nitrogens with zero attached hydrogens (tertiary/aromatic N) is 1. The van der Waals surface area contributed by atoms with Crippen LogP contribution in [0.4, 0.5) is 5.69 Å². The van der Waals surface area contributed by atoms with E-state index in [2.05, 4.69) is 0 Å². The summed E-state index contributed by atoms with van der Waals surface area (Å²) in [7, 11) is 0. The molecule has 1 atom stereocenters. The van der Waals surface area contributed by atoms with Gasteiger partial charge in [-0.3, -0.25) is 9.59 Å². The van der Waals surface area contributed by atoms with Crippen LogP contribution in [0.2, 0.25) is 0 Å². The lowest BCUT2D eigenvalue weighted by molar-refractivity contribution is -0.149. The first-order chi connectivity index (χ1) is 11.5. The maximum absolute atomic E-state index is 12.3. The number of esters is 1. The number of hydrogen-bond donors (Lipinski definition) is 0. The first-order valence-electron chi connectivity index (χ1n) is 8.12. The molecule has 3 rings (SSSR count). The van der Waals surface area contributed by atoms with Crippen LogP contribution in [-0.4, -0.2) is 18.4 Å². The van der Waals surface area contributed by atoms with Gasteiger partial charge in [0.05, 0.1) is 5.92 Å². The van der Waals surface area contributed by atoms with Gasteiger partial charge in [-0.2, -0.15) is 0 Å². The summed E-state index contributed by atoms with van der Waals surface area (Å²) in [5, 5.41) is 0. The quantitative estimate of drug-likeness (QED) is 0.810. The lowest BCUT2D eigenvalue weighted by Crippen LogP contribution is -2.26. The lowest BCUT2D eigenvalue weighted by Gasteiger charge is -2.16. The van der Waals surface area contributed by atoms with E-state index in [9.17, 15) is 9.59 Å². The van der Waals surface area contributed by atoms with Crippen molar-refractivity contribution >= 4 is 17.6 Å². The van der Waals surface area contributed by atoms with Crippen molar-refractivity contribution in [2.24, 2.45) is 5.92 Å². The number of anilines is 1. The van der Waals surface area contributed by atoms with E-state index >= 15 is 0 Å². The average Bonchev–Trinajstić information content (AvgIpc) is 2.97. The lowest BCUT2D eigenvalue weighted by atomic mass is 10.1. The number of aryl methyl sites for hydroxylation is 2. The molecule has 0 spiro atoms. The van der Waals surface area contributed by atoms with Gasteiger partial charge in [-0.05, 0) is 31.5 Å². The van der Waals surface area contributed by atoms with Gasteiger partial charge in [0, 0.05) is 18.7 Å². The monoisotopic (exact) mass is 323 g/mol. The molecular formula is C20H21NO3. The topological polar surface area (TPSA) is 46.6 Å². The largest absolute Gasteiger partial charge is 0.461 e. The third kappa shape index (κ3) is 3.65. The summed E-state index contributed by atoms with van der Waals surface area (Å²) in [5.41, 5.74) is 4.09. The highest BCUT2D eigenvalue weighted by Crippen LogP contribution is 2.26. The van der Waals surface area contributed by atoms with Gasteiger partial charge in [0.25, 0.3) is 0 Å². The van der Waals surface area contributed by atoms with Crippen molar-refractivity contribution in [1.82, 2.24) is 0 Å². The van der Waals surface area contributed by atoms with E-state index in [1.54, 1.807) is 4.90 Å². The summed E-state index contributed by atoms with van der Waals surface area (Å²) in [6.45, 7) is 4.64. The van der Waals surface area contributed by atoms with E-state index < -0.39 is 5.92 Å². The molecule has 1 fully saturated rings. The van der Waals surface area contributed by atoms with Gasteiger partial charge in [0.2, 0.25) is 5.91 Å². The van der Waals surface area contributed by atoms with Crippen LogP contribution in [0, 0.1) is 19.8 Å². The van der Waals surface area contributed by atoms with Crippen LogP contribution in [0.15, 0.2) is 48.5 Å². The Kier molecular flexibility index (Phi) is 4.65. The van der Waals surface area contributed by atoms with Gasteiger partial charge in [0.1, 0.15) is 6.61 Å². The Bertz CT molecular complexity index is 734. The number of carbonyl (C=O) groups excluding carboxylic acids is 2. The zero-order chi connectivity index (χ0) is 17.1. The van der Waals surface area contributed by atoms with E-state index in [1.807, 2.05) is 62.4 Å². The summed E-state index contributed by atoms with van der Waals surface area (Å²) in [4.78, 5) is 26.1. The predicted molar refractivity (Wildman–Crippen MR) is 92.6 cm³/mol. The first kappa shape index (κ1) is 16.2. The molecule has 1 heterocycles. The minimum atomic E-state index is -0.399. The predicted octanol–water partition coefficient (Wildman–Crippen LogP) is 3.40. The van der Waals surface area contributed by atoms with Crippen LogP contribution in [0.3, 0.4) is 0 Å². The van der Waals surface area contributed by atoms with E-state index in [0.29, 0.717) is 6.54 Å². The molecule has 0 radical (unpaired) electrons. The van der Waals surface area contributed by atoms with Crippen LogP contribution >= 0.6 is 0 Å². The fourth-order valence-corrected chi connectivity index (χ4v) is 2.80. The number of benzene rings is 2. The number of carbonyl (C=O) groups is 2. The average molecular weight is 323 g/mol. The zero-order valence-electron chi connectivity index (χ0n) is 14.0. The summed E-state index contributed by atoms with van der Waals surface area (Å²) in [5.74, 6) is -0.737. The van der Waals surface area contributed by atoms with Crippen LogP contribution in [-0.2, 0) is 20.9 Å². The van der Waals surface area contributed by atoms with Crippen molar-refractivity contribution in [2.75, 3.05) is 11.4 Å². The fraction of sp³-hybridized carbons (Fsp3) is 0.300. The molecule has 1 saturated heterocycles. The van der Waals surface area contributed by atoms with Crippen molar-refractivity contribution in [1.29, 1.82) is 0 Å². The molecule has 0 saturated carbocycles. The van der Waals surface area contributed by atoms with Crippen molar-refractivity contribution < 1.29 is 14.3 Å². The second-order valence-corrected chi connectivity index (χ2v) is 6.33. The van der Waals surface area contributed by atoms with Crippen LogP contribution < -0.4 is 4.90 Å². The molecule has 2 aromatic rings. The Morgan fingerprint density at radius 2 is 1.62 bits per heavy atom. The van der Waals surface area contributed by atoms with Crippen LogP contribution in [0.1, 0.15) is 23.1 Å². The number of hydrogen-bond acceptors (Lipinski definition) is 3. The molecule has 0 aromatic heterocycles. The molecule has 0 N–H and O–H groups in total. The molecule has 24 heavy (non-hydrogen) atoms. The second kappa shape index (κ2) is 6.87. The summed E-state index contributed by atoms with van der Waals surface area (Å²) >= 11 is 0. The van der Waals surface area contributed by atoms with Gasteiger partial charge in [0.15, 0.2) is 0 Å². The Morgan fingerprint density at radius 3 is 2.25 bits per heavy atom. The van der Waals surface area contributed by atoms with Gasteiger partial charge >= 0.3 is 5.97 Å². The maximum Gasteiger partial charge on any atom is 0.311 e. The molecule has 2 aromatic carbocycles.